The number of ether oxygens (including phenoxy) is 1. The molecule has 0 bridgehead atoms. The van der Waals surface area contributed by atoms with Crippen molar-refractivity contribution in [2.24, 2.45) is 0 Å². The van der Waals surface area contributed by atoms with E-state index in [1.807, 2.05) is 6.07 Å². The molecule has 1 aromatic carbocycles. The summed E-state index contributed by atoms with van der Waals surface area (Å²) < 4.78 is 5.10. The van der Waals surface area contributed by atoms with Gasteiger partial charge in [-0.1, -0.05) is 12.1 Å². The highest BCUT2D eigenvalue weighted by Crippen LogP contribution is 2.14. The molecule has 0 radical (unpaired) electrons. The lowest BCUT2D eigenvalue weighted by molar-refractivity contribution is -0.147. The van der Waals surface area contributed by atoms with Gasteiger partial charge >= 0.3 is 5.97 Å². The summed E-state index contributed by atoms with van der Waals surface area (Å²) in [5.41, 5.74) is 1.24. The Morgan fingerprint density at radius 2 is 2.10 bits per heavy atom. The van der Waals surface area contributed by atoms with Crippen LogP contribution in [0, 0.1) is 11.3 Å². The molecular weight excluding hydrogens is 260 g/mol. The van der Waals surface area contributed by atoms with Crippen LogP contribution < -0.4 is 0 Å². The number of carboxylic acid groups (broad SMARTS) is 1. The van der Waals surface area contributed by atoms with Gasteiger partial charge in [-0.05, 0) is 17.7 Å². The van der Waals surface area contributed by atoms with Crippen LogP contribution in [-0.4, -0.2) is 47.7 Å². The SMILES string of the molecule is N#CCc1ccc(C(=O)N2CCOCC2C(=O)O)cc1. The van der Waals surface area contributed by atoms with Crippen molar-refractivity contribution < 1.29 is 19.4 Å². The maximum atomic E-state index is 12.3. The largest absolute Gasteiger partial charge is 0.480 e. The summed E-state index contributed by atoms with van der Waals surface area (Å²) in [6.07, 6.45) is 0.282. The van der Waals surface area contributed by atoms with Crippen molar-refractivity contribution in [3.05, 3.63) is 35.4 Å². The van der Waals surface area contributed by atoms with Crippen molar-refractivity contribution in [1.29, 1.82) is 5.26 Å². The first-order chi connectivity index (χ1) is 9.63. The Bertz CT molecular complexity index is 547. The number of hydrogen-bond acceptors (Lipinski definition) is 4. The maximum Gasteiger partial charge on any atom is 0.328 e. The summed E-state index contributed by atoms with van der Waals surface area (Å²) in [5.74, 6) is -1.40. The van der Waals surface area contributed by atoms with Gasteiger partial charge in [-0.2, -0.15) is 5.26 Å². The number of rotatable bonds is 3. The Labute approximate surface area is 116 Å². The summed E-state index contributed by atoms with van der Waals surface area (Å²) >= 11 is 0. The van der Waals surface area contributed by atoms with Gasteiger partial charge in [0.25, 0.3) is 5.91 Å². The molecule has 1 heterocycles. The van der Waals surface area contributed by atoms with Crippen LogP contribution in [0.25, 0.3) is 0 Å². The molecule has 6 nitrogen and oxygen atoms in total. The quantitative estimate of drug-likeness (QED) is 0.875. The summed E-state index contributed by atoms with van der Waals surface area (Å²) in [7, 11) is 0. The fourth-order valence-corrected chi connectivity index (χ4v) is 2.07. The zero-order valence-electron chi connectivity index (χ0n) is 10.8. The van der Waals surface area contributed by atoms with Crippen molar-refractivity contribution in [2.75, 3.05) is 19.8 Å². The average molecular weight is 274 g/mol. The molecule has 1 atom stereocenters. The third-order valence-electron chi connectivity index (χ3n) is 3.16. The van der Waals surface area contributed by atoms with E-state index >= 15 is 0 Å². The fraction of sp³-hybridized carbons (Fsp3) is 0.357. The molecular formula is C14H14N2O4. The van der Waals surface area contributed by atoms with E-state index in [2.05, 4.69) is 0 Å². The van der Waals surface area contributed by atoms with Gasteiger partial charge in [0.05, 0.1) is 25.7 Å². The molecule has 104 valence electrons. The first kappa shape index (κ1) is 14.0. The van der Waals surface area contributed by atoms with E-state index in [-0.39, 0.29) is 25.5 Å². The Morgan fingerprint density at radius 1 is 1.40 bits per heavy atom. The highest BCUT2D eigenvalue weighted by atomic mass is 16.5. The minimum Gasteiger partial charge on any atom is -0.480 e. The molecule has 6 heteroatoms. The Morgan fingerprint density at radius 3 is 2.70 bits per heavy atom. The molecule has 1 aromatic rings. The van der Waals surface area contributed by atoms with Crippen molar-refractivity contribution in [1.82, 2.24) is 4.90 Å². The van der Waals surface area contributed by atoms with Crippen LogP contribution in [0.2, 0.25) is 0 Å². The van der Waals surface area contributed by atoms with E-state index in [0.29, 0.717) is 12.2 Å². The number of carbonyl (C=O) groups excluding carboxylic acids is 1. The first-order valence-corrected chi connectivity index (χ1v) is 6.21. The highest BCUT2D eigenvalue weighted by molar-refractivity contribution is 5.96. The molecule has 0 aromatic heterocycles. The van der Waals surface area contributed by atoms with Gasteiger partial charge in [0.15, 0.2) is 6.04 Å². The minimum absolute atomic E-state index is 0.00753. The smallest absolute Gasteiger partial charge is 0.328 e. The Hall–Kier alpha value is -2.39. The molecule has 1 saturated heterocycles. The molecule has 2 rings (SSSR count). The molecule has 1 aliphatic rings. The van der Waals surface area contributed by atoms with Crippen molar-refractivity contribution in [3.63, 3.8) is 0 Å². The average Bonchev–Trinajstić information content (AvgIpc) is 2.47. The normalized spacial score (nSPS) is 18.4. The van der Waals surface area contributed by atoms with Crippen molar-refractivity contribution in [2.45, 2.75) is 12.5 Å². The fourth-order valence-electron chi connectivity index (χ4n) is 2.07. The second-order valence-corrected chi connectivity index (χ2v) is 4.46. The maximum absolute atomic E-state index is 12.3. The van der Waals surface area contributed by atoms with Gasteiger partial charge in [0.1, 0.15) is 0 Å². The number of aliphatic carboxylic acids is 1. The molecule has 0 saturated carbocycles. The molecule has 1 fully saturated rings. The van der Waals surface area contributed by atoms with E-state index in [1.54, 1.807) is 24.3 Å². The second kappa shape index (κ2) is 6.17. The summed E-state index contributed by atoms with van der Waals surface area (Å²) in [6.45, 7) is 0.603. The monoisotopic (exact) mass is 274 g/mol. The van der Waals surface area contributed by atoms with Gasteiger partial charge in [-0.3, -0.25) is 4.79 Å². The molecule has 0 spiro atoms. The van der Waals surface area contributed by atoms with Crippen LogP contribution >= 0.6 is 0 Å². The molecule has 1 aliphatic heterocycles. The van der Waals surface area contributed by atoms with E-state index in [1.165, 1.54) is 4.90 Å². The lowest BCUT2D eigenvalue weighted by atomic mass is 10.1. The topological polar surface area (TPSA) is 90.6 Å². The minimum atomic E-state index is -1.07. The van der Waals surface area contributed by atoms with E-state index < -0.39 is 12.0 Å². The summed E-state index contributed by atoms with van der Waals surface area (Å²) in [4.78, 5) is 24.8. The number of benzene rings is 1. The number of nitrogens with zero attached hydrogens (tertiary/aromatic N) is 2. The predicted molar refractivity (Wildman–Crippen MR) is 69.0 cm³/mol. The predicted octanol–water partition coefficient (Wildman–Crippen LogP) is 0.678. The molecule has 1 unspecified atom stereocenters. The number of hydrogen-bond donors (Lipinski definition) is 1. The molecule has 1 amide bonds. The van der Waals surface area contributed by atoms with Crippen molar-refractivity contribution in [3.8, 4) is 6.07 Å². The number of carbonyl (C=O) groups is 2. The Kier molecular flexibility index (Phi) is 4.33. The number of carboxylic acids is 1. The van der Waals surface area contributed by atoms with Crippen LogP contribution in [0.1, 0.15) is 15.9 Å². The number of morpholine rings is 1. The molecule has 1 N–H and O–H groups in total. The van der Waals surface area contributed by atoms with Gasteiger partial charge in [0, 0.05) is 12.1 Å². The lowest BCUT2D eigenvalue weighted by Gasteiger charge is -2.32. The van der Waals surface area contributed by atoms with E-state index in [9.17, 15) is 9.59 Å². The van der Waals surface area contributed by atoms with Crippen molar-refractivity contribution >= 4 is 11.9 Å². The van der Waals surface area contributed by atoms with Crippen LogP contribution in [0.3, 0.4) is 0 Å². The third-order valence-corrected chi connectivity index (χ3v) is 3.16. The first-order valence-electron chi connectivity index (χ1n) is 6.21. The number of nitriles is 1. The van der Waals surface area contributed by atoms with E-state index in [4.69, 9.17) is 15.1 Å². The van der Waals surface area contributed by atoms with Gasteiger partial charge in [0.2, 0.25) is 0 Å². The van der Waals surface area contributed by atoms with Crippen LogP contribution in [-0.2, 0) is 16.0 Å². The second-order valence-electron chi connectivity index (χ2n) is 4.46. The van der Waals surface area contributed by atoms with Crippen LogP contribution in [0.5, 0.6) is 0 Å². The summed E-state index contributed by atoms with van der Waals surface area (Å²) in [5, 5.41) is 17.7. The van der Waals surface area contributed by atoms with E-state index in [0.717, 1.165) is 5.56 Å². The molecule has 0 aliphatic carbocycles. The number of amides is 1. The van der Waals surface area contributed by atoms with Crippen LogP contribution in [0.4, 0.5) is 0 Å². The third kappa shape index (κ3) is 2.95. The Balaban J connectivity index is 2.16. The standard InChI is InChI=1S/C14H14N2O4/c15-6-5-10-1-3-11(4-2-10)13(17)16-7-8-20-9-12(16)14(18)19/h1-4,12H,5,7-9H2,(H,18,19). The lowest BCUT2D eigenvalue weighted by Crippen LogP contribution is -2.52. The van der Waals surface area contributed by atoms with Crippen LogP contribution in [0.15, 0.2) is 24.3 Å². The molecule has 20 heavy (non-hydrogen) atoms. The zero-order valence-corrected chi connectivity index (χ0v) is 10.8. The van der Waals surface area contributed by atoms with Gasteiger partial charge < -0.3 is 14.7 Å². The summed E-state index contributed by atoms with van der Waals surface area (Å²) in [6, 6.07) is 7.71. The highest BCUT2D eigenvalue weighted by Gasteiger charge is 2.33. The van der Waals surface area contributed by atoms with Gasteiger partial charge in [-0.25, -0.2) is 4.79 Å². The zero-order chi connectivity index (χ0) is 14.5. The van der Waals surface area contributed by atoms with Gasteiger partial charge in [-0.15, -0.1) is 0 Å².